The van der Waals surface area contributed by atoms with Crippen LogP contribution in [0.3, 0.4) is 0 Å². The number of carbonyl (C=O) groups excluding carboxylic acids is 1. The van der Waals surface area contributed by atoms with E-state index >= 15 is 0 Å². The molecule has 0 bridgehead atoms. The van der Waals surface area contributed by atoms with E-state index in [0.29, 0.717) is 17.4 Å². The van der Waals surface area contributed by atoms with Gasteiger partial charge in [-0.05, 0) is 31.9 Å². The zero-order valence-corrected chi connectivity index (χ0v) is 12.9. The van der Waals surface area contributed by atoms with Crippen LogP contribution in [0.15, 0.2) is 29.1 Å². The largest absolute Gasteiger partial charge is 0.448 e. The van der Waals surface area contributed by atoms with Crippen molar-refractivity contribution in [1.82, 2.24) is 9.36 Å². The molecule has 0 aliphatic rings. The van der Waals surface area contributed by atoms with Gasteiger partial charge in [-0.1, -0.05) is 28.1 Å². The van der Waals surface area contributed by atoms with Crippen molar-refractivity contribution < 1.29 is 9.53 Å². The molecular weight excluding hydrogens is 324 g/mol. The molecule has 1 aromatic heterocycles. The Morgan fingerprint density at radius 3 is 2.75 bits per heavy atom. The molecule has 1 heterocycles. The third-order valence-corrected chi connectivity index (χ3v) is 3.59. The minimum absolute atomic E-state index is 0.150. The Morgan fingerprint density at radius 2 is 2.05 bits per heavy atom. The lowest BCUT2D eigenvalue weighted by Gasteiger charge is -2.10. The van der Waals surface area contributed by atoms with Gasteiger partial charge in [0, 0.05) is 11.9 Å². The molecule has 6 heteroatoms. The van der Waals surface area contributed by atoms with E-state index in [9.17, 15) is 9.59 Å². The van der Waals surface area contributed by atoms with E-state index in [2.05, 4.69) is 15.9 Å². The van der Waals surface area contributed by atoms with Crippen molar-refractivity contribution in [3.63, 3.8) is 0 Å². The second kappa shape index (κ2) is 6.74. The van der Waals surface area contributed by atoms with Gasteiger partial charge in [0.05, 0.1) is 17.5 Å². The van der Waals surface area contributed by atoms with E-state index in [1.54, 1.807) is 31.2 Å². The van der Waals surface area contributed by atoms with Gasteiger partial charge in [0.1, 0.15) is 0 Å². The maximum Gasteiger partial charge on any atom is 0.433 e. The summed E-state index contributed by atoms with van der Waals surface area (Å²) in [5.74, 6) is 0. The average Bonchev–Trinajstić information content (AvgIpc) is 2.73. The second-order valence-corrected chi connectivity index (χ2v) is 5.15. The number of para-hydroxylation sites is 1. The number of fused-ring (bicyclic) bond motifs is 1. The summed E-state index contributed by atoms with van der Waals surface area (Å²) in [6.07, 6.45) is 1.25. The van der Waals surface area contributed by atoms with Crippen molar-refractivity contribution in [1.29, 1.82) is 0 Å². The highest BCUT2D eigenvalue weighted by atomic mass is 79.9. The Hall–Kier alpha value is -1.56. The van der Waals surface area contributed by atoms with Crippen molar-refractivity contribution in [2.24, 2.45) is 0 Å². The molecule has 0 spiro atoms. The molecule has 2 aromatic rings. The highest BCUT2D eigenvalue weighted by Crippen LogP contribution is 2.12. The summed E-state index contributed by atoms with van der Waals surface area (Å²) < 4.78 is 7.86. The van der Waals surface area contributed by atoms with E-state index in [-0.39, 0.29) is 12.2 Å². The molecule has 0 fully saturated rings. The first kappa shape index (κ1) is 14.8. The smallest absolute Gasteiger partial charge is 0.433 e. The number of hydrogen-bond acceptors (Lipinski definition) is 3. The van der Waals surface area contributed by atoms with E-state index < -0.39 is 6.09 Å². The topological polar surface area (TPSA) is 53.2 Å². The number of halogens is 1. The van der Waals surface area contributed by atoms with Crippen LogP contribution in [0.5, 0.6) is 0 Å². The van der Waals surface area contributed by atoms with Gasteiger partial charge in [-0.2, -0.15) is 4.68 Å². The fraction of sp³-hybridized carbons (Fsp3) is 0.429. The number of unbranched alkanes of at least 4 members (excludes halogenated alkanes) is 1. The molecule has 0 N–H and O–H groups in total. The molecule has 0 saturated carbocycles. The SMILES string of the molecule is CCOC(=O)n1c2ccccc2c(=O)n1CCCCBr. The van der Waals surface area contributed by atoms with Crippen molar-refractivity contribution in [3.8, 4) is 0 Å². The summed E-state index contributed by atoms with van der Waals surface area (Å²) in [4.78, 5) is 24.5. The number of nitrogens with zero attached hydrogens (tertiary/aromatic N) is 2. The van der Waals surface area contributed by atoms with Crippen LogP contribution in [0, 0.1) is 0 Å². The molecule has 0 amide bonds. The number of aromatic nitrogens is 2. The predicted octanol–water partition coefficient (Wildman–Crippen LogP) is 2.98. The molecule has 0 aliphatic heterocycles. The number of hydrogen-bond donors (Lipinski definition) is 0. The maximum atomic E-state index is 12.4. The molecule has 108 valence electrons. The molecule has 0 atom stereocenters. The van der Waals surface area contributed by atoms with Gasteiger partial charge in [-0.3, -0.25) is 4.79 Å². The zero-order valence-electron chi connectivity index (χ0n) is 11.3. The van der Waals surface area contributed by atoms with E-state index in [4.69, 9.17) is 4.74 Å². The van der Waals surface area contributed by atoms with Crippen LogP contribution in [0.4, 0.5) is 4.79 Å². The van der Waals surface area contributed by atoms with Gasteiger partial charge in [0.25, 0.3) is 5.56 Å². The number of carbonyl (C=O) groups is 1. The van der Waals surface area contributed by atoms with Gasteiger partial charge in [-0.15, -0.1) is 0 Å². The summed E-state index contributed by atoms with van der Waals surface area (Å²) >= 11 is 3.36. The third-order valence-electron chi connectivity index (χ3n) is 3.03. The molecule has 0 radical (unpaired) electrons. The number of ether oxygens (including phenoxy) is 1. The van der Waals surface area contributed by atoms with E-state index in [1.807, 2.05) is 0 Å². The Labute approximate surface area is 125 Å². The molecule has 20 heavy (non-hydrogen) atoms. The first-order valence-electron chi connectivity index (χ1n) is 6.64. The zero-order chi connectivity index (χ0) is 14.5. The maximum absolute atomic E-state index is 12.4. The standard InChI is InChI=1S/C14H17BrN2O3/c1-2-20-14(19)17-12-8-4-3-7-11(12)13(18)16(17)10-6-5-9-15/h3-4,7-8H,2,5-6,9-10H2,1H3. The first-order chi connectivity index (χ1) is 9.70. The van der Waals surface area contributed by atoms with Crippen molar-refractivity contribution >= 4 is 32.9 Å². The Kier molecular flexibility index (Phi) is 5.00. The van der Waals surface area contributed by atoms with Crippen LogP contribution < -0.4 is 5.56 Å². The molecule has 0 aliphatic carbocycles. The normalized spacial score (nSPS) is 10.9. The highest BCUT2D eigenvalue weighted by Gasteiger charge is 2.18. The molecule has 0 saturated heterocycles. The fourth-order valence-electron chi connectivity index (χ4n) is 2.14. The van der Waals surface area contributed by atoms with Crippen LogP contribution in [-0.2, 0) is 11.3 Å². The Balaban J connectivity index is 2.52. The fourth-order valence-corrected chi connectivity index (χ4v) is 2.53. The Bertz CT molecular complexity index is 660. The van der Waals surface area contributed by atoms with Gasteiger partial charge in [0.2, 0.25) is 0 Å². The molecule has 5 nitrogen and oxygen atoms in total. The van der Waals surface area contributed by atoms with E-state index in [0.717, 1.165) is 18.2 Å². The van der Waals surface area contributed by atoms with Crippen LogP contribution >= 0.6 is 15.9 Å². The van der Waals surface area contributed by atoms with Gasteiger partial charge in [0.15, 0.2) is 0 Å². The third kappa shape index (κ3) is 2.80. The number of alkyl halides is 1. The molecule has 0 unspecified atom stereocenters. The highest BCUT2D eigenvalue weighted by molar-refractivity contribution is 9.09. The summed E-state index contributed by atoms with van der Waals surface area (Å²) in [5.41, 5.74) is 0.443. The van der Waals surface area contributed by atoms with Gasteiger partial charge >= 0.3 is 6.09 Å². The monoisotopic (exact) mass is 340 g/mol. The van der Waals surface area contributed by atoms with Crippen molar-refractivity contribution in [2.75, 3.05) is 11.9 Å². The van der Waals surface area contributed by atoms with Crippen molar-refractivity contribution in [3.05, 3.63) is 34.6 Å². The van der Waals surface area contributed by atoms with Crippen LogP contribution in [0.1, 0.15) is 19.8 Å². The number of rotatable bonds is 5. The van der Waals surface area contributed by atoms with Gasteiger partial charge in [-0.25, -0.2) is 9.48 Å². The van der Waals surface area contributed by atoms with Crippen LogP contribution in [0.25, 0.3) is 10.9 Å². The second-order valence-electron chi connectivity index (χ2n) is 4.35. The van der Waals surface area contributed by atoms with Crippen LogP contribution in [0.2, 0.25) is 0 Å². The number of benzene rings is 1. The Morgan fingerprint density at radius 1 is 1.30 bits per heavy atom. The summed E-state index contributed by atoms with van der Waals surface area (Å²) in [5, 5.41) is 1.42. The minimum atomic E-state index is -0.510. The summed E-state index contributed by atoms with van der Waals surface area (Å²) in [7, 11) is 0. The van der Waals surface area contributed by atoms with E-state index in [1.165, 1.54) is 9.36 Å². The molecular formula is C14H17BrN2O3. The van der Waals surface area contributed by atoms with Gasteiger partial charge < -0.3 is 4.74 Å². The summed E-state index contributed by atoms with van der Waals surface area (Å²) in [6, 6.07) is 7.09. The average molecular weight is 341 g/mol. The van der Waals surface area contributed by atoms with Crippen molar-refractivity contribution in [2.45, 2.75) is 26.3 Å². The lowest BCUT2D eigenvalue weighted by Crippen LogP contribution is -2.28. The summed E-state index contributed by atoms with van der Waals surface area (Å²) in [6.45, 7) is 2.52. The first-order valence-corrected chi connectivity index (χ1v) is 7.76. The molecule has 1 aromatic carbocycles. The lowest BCUT2D eigenvalue weighted by atomic mass is 10.2. The minimum Gasteiger partial charge on any atom is -0.448 e. The quantitative estimate of drug-likeness (QED) is 0.621. The van der Waals surface area contributed by atoms with Crippen LogP contribution in [-0.4, -0.2) is 27.4 Å². The molecule has 2 rings (SSSR count). The predicted molar refractivity (Wildman–Crippen MR) is 81.6 cm³/mol. The lowest BCUT2D eigenvalue weighted by molar-refractivity contribution is 0.146.